The summed E-state index contributed by atoms with van der Waals surface area (Å²) in [6, 6.07) is 7.32. The molecule has 0 atom stereocenters. The van der Waals surface area contributed by atoms with Crippen molar-refractivity contribution in [3.05, 3.63) is 29.8 Å². The van der Waals surface area contributed by atoms with Gasteiger partial charge in [-0.25, -0.2) is 4.79 Å². The zero-order valence-electron chi connectivity index (χ0n) is 6.15. The molecule has 60 valence electrons. The lowest BCUT2D eigenvalue weighted by Crippen LogP contribution is -2.09. The number of para-hydroxylation sites is 1. The van der Waals surface area contributed by atoms with Gasteiger partial charge >= 0.3 is 6.09 Å². The molecule has 4 heteroatoms. The van der Waals surface area contributed by atoms with Crippen molar-refractivity contribution in [1.82, 2.24) is 0 Å². The Kier molecular flexibility index (Phi) is 1.51. The van der Waals surface area contributed by atoms with Crippen molar-refractivity contribution in [3.63, 3.8) is 0 Å². The molecule has 0 unspecified atom stereocenters. The van der Waals surface area contributed by atoms with E-state index in [1.807, 2.05) is 18.2 Å². The fourth-order valence-corrected chi connectivity index (χ4v) is 0.987. The van der Waals surface area contributed by atoms with Crippen LogP contribution in [0.5, 0.6) is 0 Å². The highest BCUT2D eigenvalue weighted by Gasteiger charge is 2.08. The number of fused-ring (bicyclic) bond motifs is 1. The van der Waals surface area contributed by atoms with Crippen LogP contribution in [0, 0.1) is 0 Å². The Labute approximate surface area is 68.8 Å². The van der Waals surface area contributed by atoms with E-state index in [4.69, 9.17) is 0 Å². The summed E-state index contributed by atoms with van der Waals surface area (Å²) in [7, 11) is 0. The number of nitrogens with zero attached hydrogens (tertiary/aromatic N) is 1. The van der Waals surface area contributed by atoms with Gasteiger partial charge in [0.25, 0.3) is 0 Å². The first-order valence-corrected chi connectivity index (χ1v) is 3.47. The number of hydrogen-bond donors (Lipinski definition) is 1. The second kappa shape index (κ2) is 2.65. The predicted octanol–water partition coefficient (Wildman–Crippen LogP) is 1.58. The van der Waals surface area contributed by atoms with Crippen LogP contribution in [0.2, 0.25) is 0 Å². The van der Waals surface area contributed by atoms with Gasteiger partial charge in [-0.2, -0.15) is 0 Å². The van der Waals surface area contributed by atoms with E-state index in [9.17, 15) is 4.79 Å². The molecule has 0 radical (unpaired) electrons. The summed E-state index contributed by atoms with van der Waals surface area (Å²) in [5.41, 5.74) is 1.55. The number of hydrogen-bond acceptors (Lipinski definition) is 3. The van der Waals surface area contributed by atoms with Crippen molar-refractivity contribution in [1.29, 1.82) is 0 Å². The molecule has 0 saturated carbocycles. The molecule has 0 aromatic heterocycles. The second-order valence-corrected chi connectivity index (χ2v) is 2.33. The molecular weight excluding hydrogens is 156 g/mol. The molecule has 0 bridgehead atoms. The summed E-state index contributed by atoms with van der Waals surface area (Å²) in [5, 5.41) is 5.99. The molecule has 1 amide bonds. The highest BCUT2D eigenvalue weighted by molar-refractivity contribution is 5.96. The van der Waals surface area contributed by atoms with Gasteiger partial charge in [0.05, 0.1) is 11.9 Å². The lowest BCUT2D eigenvalue weighted by molar-refractivity contribution is 0.168. The van der Waals surface area contributed by atoms with Crippen LogP contribution < -0.4 is 5.32 Å². The smallest absolute Gasteiger partial charge is 0.298 e. The van der Waals surface area contributed by atoms with Gasteiger partial charge in [0, 0.05) is 5.56 Å². The van der Waals surface area contributed by atoms with Crippen molar-refractivity contribution >= 4 is 18.0 Å². The molecule has 4 nitrogen and oxygen atoms in total. The molecule has 1 aromatic rings. The first-order valence-electron chi connectivity index (χ1n) is 3.47. The van der Waals surface area contributed by atoms with Crippen molar-refractivity contribution < 1.29 is 9.63 Å². The first-order chi connectivity index (χ1) is 5.86. The summed E-state index contributed by atoms with van der Waals surface area (Å²) in [6.45, 7) is 0. The average Bonchev–Trinajstić information content (AvgIpc) is 2.25. The molecule has 1 aliphatic rings. The maximum atomic E-state index is 10.8. The third-order valence-electron chi connectivity index (χ3n) is 1.52. The van der Waals surface area contributed by atoms with E-state index >= 15 is 0 Å². The van der Waals surface area contributed by atoms with E-state index in [1.54, 1.807) is 6.07 Å². The maximum Gasteiger partial charge on any atom is 0.437 e. The van der Waals surface area contributed by atoms with Crippen molar-refractivity contribution in [2.24, 2.45) is 5.16 Å². The van der Waals surface area contributed by atoms with Crippen LogP contribution >= 0.6 is 0 Å². The zero-order valence-corrected chi connectivity index (χ0v) is 6.15. The Morgan fingerprint density at radius 1 is 1.33 bits per heavy atom. The molecule has 0 saturated heterocycles. The molecule has 0 fully saturated rings. The molecule has 1 aromatic carbocycles. The minimum atomic E-state index is -0.559. The Bertz CT molecular complexity index is 347. The second-order valence-electron chi connectivity index (χ2n) is 2.33. The molecule has 1 heterocycles. The minimum Gasteiger partial charge on any atom is -0.298 e. The molecule has 0 aliphatic carbocycles. The van der Waals surface area contributed by atoms with Gasteiger partial charge in [-0.05, 0) is 6.07 Å². The van der Waals surface area contributed by atoms with E-state index in [0.29, 0.717) is 5.69 Å². The number of anilines is 1. The van der Waals surface area contributed by atoms with Crippen LogP contribution in [-0.2, 0) is 4.84 Å². The Morgan fingerprint density at radius 2 is 2.17 bits per heavy atom. The van der Waals surface area contributed by atoms with Crippen LogP contribution in [0.1, 0.15) is 5.56 Å². The number of benzene rings is 1. The monoisotopic (exact) mass is 162 g/mol. The molecular formula is C8H6N2O2. The van der Waals surface area contributed by atoms with Crippen LogP contribution in [0.15, 0.2) is 29.4 Å². The Hall–Kier alpha value is -1.84. The largest absolute Gasteiger partial charge is 0.437 e. The standard InChI is InChI=1S/C8H6N2O2/c11-8-10-7-4-2-1-3-6(7)5-9-12-8/h1-5H,(H,10,11). The summed E-state index contributed by atoms with van der Waals surface area (Å²) in [6.07, 6.45) is 0.934. The summed E-state index contributed by atoms with van der Waals surface area (Å²) < 4.78 is 0. The van der Waals surface area contributed by atoms with Gasteiger partial charge in [-0.3, -0.25) is 10.2 Å². The molecule has 0 spiro atoms. The van der Waals surface area contributed by atoms with Gasteiger partial charge in [-0.15, -0.1) is 0 Å². The van der Waals surface area contributed by atoms with Gasteiger partial charge in [0.2, 0.25) is 0 Å². The van der Waals surface area contributed by atoms with Gasteiger partial charge < -0.3 is 0 Å². The molecule has 1 aliphatic heterocycles. The van der Waals surface area contributed by atoms with Crippen molar-refractivity contribution in [2.45, 2.75) is 0 Å². The Balaban J connectivity index is 2.48. The fourth-order valence-electron chi connectivity index (χ4n) is 0.987. The van der Waals surface area contributed by atoms with E-state index in [1.165, 1.54) is 6.21 Å². The first kappa shape index (κ1) is 6.84. The van der Waals surface area contributed by atoms with E-state index in [-0.39, 0.29) is 0 Å². The number of carbonyl (C=O) groups excluding carboxylic acids is 1. The average molecular weight is 162 g/mol. The predicted molar refractivity (Wildman–Crippen MR) is 44.1 cm³/mol. The highest BCUT2D eigenvalue weighted by Crippen LogP contribution is 2.14. The lowest BCUT2D eigenvalue weighted by Gasteiger charge is -2.00. The van der Waals surface area contributed by atoms with E-state index < -0.39 is 6.09 Å². The van der Waals surface area contributed by atoms with E-state index in [0.717, 1.165) is 5.56 Å². The number of oxime groups is 1. The van der Waals surface area contributed by atoms with Crippen LogP contribution in [-0.4, -0.2) is 12.3 Å². The Morgan fingerprint density at radius 3 is 3.08 bits per heavy atom. The number of rotatable bonds is 0. The zero-order chi connectivity index (χ0) is 8.39. The van der Waals surface area contributed by atoms with Crippen LogP contribution in [0.4, 0.5) is 10.5 Å². The van der Waals surface area contributed by atoms with Gasteiger partial charge in [-0.1, -0.05) is 23.4 Å². The molecule has 2 rings (SSSR count). The summed E-state index contributed by atoms with van der Waals surface area (Å²) in [4.78, 5) is 15.2. The maximum absolute atomic E-state index is 10.8. The van der Waals surface area contributed by atoms with Crippen LogP contribution in [0.3, 0.4) is 0 Å². The van der Waals surface area contributed by atoms with Gasteiger partial charge in [0.1, 0.15) is 0 Å². The summed E-state index contributed by atoms with van der Waals surface area (Å²) in [5.74, 6) is 0. The highest BCUT2D eigenvalue weighted by atomic mass is 16.7. The topological polar surface area (TPSA) is 50.7 Å². The molecule has 12 heavy (non-hydrogen) atoms. The van der Waals surface area contributed by atoms with Crippen molar-refractivity contribution in [2.75, 3.05) is 5.32 Å². The third kappa shape index (κ3) is 1.14. The minimum absolute atomic E-state index is 0.559. The molecule has 1 N–H and O–H groups in total. The van der Waals surface area contributed by atoms with Crippen LogP contribution in [0.25, 0.3) is 0 Å². The lowest BCUT2D eigenvalue weighted by atomic mass is 10.2. The quantitative estimate of drug-likeness (QED) is 0.589. The van der Waals surface area contributed by atoms with Gasteiger partial charge in [0.15, 0.2) is 0 Å². The number of carbonyl (C=O) groups is 1. The third-order valence-corrected chi connectivity index (χ3v) is 1.52. The fraction of sp³-hybridized carbons (Fsp3) is 0. The van der Waals surface area contributed by atoms with Crippen molar-refractivity contribution in [3.8, 4) is 0 Å². The van der Waals surface area contributed by atoms with E-state index in [2.05, 4.69) is 15.3 Å². The normalized spacial score (nSPS) is 14.2. The SMILES string of the molecule is O=C1Nc2ccccc2C=NO1. The number of amides is 1. The summed E-state index contributed by atoms with van der Waals surface area (Å²) >= 11 is 0. The number of nitrogens with one attached hydrogen (secondary N) is 1.